The number of benzene rings is 1. The van der Waals surface area contributed by atoms with E-state index in [1.54, 1.807) is 4.90 Å². The highest BCUT2D eigenvalue weighted by molar-refractivity contribution is 5.99. The summed E-state index contributed by atoms with van der Waals surface area (Å²) in [5.74, 6) is 0.0676. The van der Waals surface area contributed by atoms with E-state index in [1.165, 1.54) is 0 Å². The number of amides is 1. The maximum absolute atomic E-state index is 12.4. The van der Waals surface area contributed by atoms with Crippen LogP contribution in [0.5, 0.6) is 0 Å². The quantitative estimate of drug-likeness (QED) is 0.891. The van der Waals surface area contributed by atoms with Crippen LogP contribution >= 0.6 is 0 Å². The van der Waals surface area contributed by atoms with E-state index in [-0.39, 0.29) is 11.3 Å². The van der Waals surface area contributed by atoms with Crippen LogP contribution in [0.4, 0.5) is 5.69 Å². The minimum atomic E-state index is 0.0676. The molecule has 0 atom stereocenters. The molecule has 0 radical (unpaired) electrons. The maximum Gasteiger partial charge on any atom is 0.255 e. The molecule has 0 unspecified atom stereocenters. The first kappa shape index (κ1) is 14.6. The van der Waals surface area contributed by atoms with Crippen LogP contribution in [0.1, 0.15) is 36.7 Å². The van der Waals surface area contributed by atoms with Gasteiger partial charge in [-0.2, -0.15) is 0 Å². The van der Waals surface area contributed by atoms with Gasteiger partial charge in [-0.05, 0) is 24.5 Å². The monoisotopic (exact) mass is 248 g/mol. The Hall–Kier alpha value is -1.51. The fourth-order valence-electron chi connectivity index (χ4n) is 2.04. The summed E-state index contributed by atoms with van der Waals surface area (Å²) in [4.78, 5) is 14.2. The summed E-state index contributed by atoms with van der Waals surface area (Å²) >= 11 is 0. The molecule has 0 aromatic heterocycles. The lowest BCUT2D eigenvalue weighted by atomic mass is 9.96. The number of hydrogen-bond acceptors (Lipinski definition) is 2. The maximum atomic E-state index is 12.4. The number of hydrogen-bond donors (Lipinski definition) is 1. The predicted molar refractivity (Wildman–Crippen MR) is 77.1 cm³/mol. The number of rotatable bonds is 3. The Morgan fingerprint density at radius 1 is 1.33 bits per heavy atom. The molecule has 0 saturated carbocycles. The average Bonchev–Trinajstić information content (AvgIpc) is 2.25. The first-order chi connectivity index (χ1) is 8.24. The smallest absolute Gasteiger partial charge is 0.255 e. The number of nitrogens with zero attached hydrogens (tertiary/aromatic N) is 1. The van der Waals surface area contributed by atoms with Crippen molar-refractivity contribution in [3.63, 3.8) is 0 Å². The van der Waals surface area contributed by atoms with E-state index in [2.05, 4.69) is 26.1 Å². The molecule has 1 amide bonds. The van der Waals surface area contributed by atoms with Crippen molar-refractivity contribution < 1.29 is 4.79 Å². The fourth-order valence-corrected chi connectivity index (χ4v) is 2.04. The van der Waals surface area contributed by atoms with Gasteiger partial charge in [0.25, 0.3) is 5.91 Å². The van der Waals surface area contributed by atoms with Gasteiger partial charge in [0.2, 0.25) is 0 Å². The van der Waals surface area contributed by atoms with Crippen molar-refractivity contribution >= 4 is 11.6 Å². The van der Waals surface area contributed by atoms with Crippen molar-refractivity contribution in [1.29, 1.82) is 0 Å². The minimum absolute atomic E-state index is 0.0676. The van der Waals surface area contributed by atoms with Gasteiger partial charge in [-0.25, -0.2) is 0 Å². The molecule has 0 spiro atoms. The number of nitrogens with one attached hydrogen (secondary N) is 1. The van der Waals surface area contributed by atoms with E-state index in [0.29, 0.717) is 0 Å². The van der Waals surface area contributed by atoms with Crippen LogP contribution in [0.25, 0.3) is 0 Å². The molecule has 0 bridgehead atoms. The molecule has 0 fully saturated rings. The Bertz CT molecular complexity index is 433. The van der Waals surface area contributed by atoms with Gasteiger partial charge in [0.1, 0.15) is 0 Å². The second-order valence-electron chi connectivity index (χ2n) is 6.02. The molecular formula is C15H24N2O. The zero-order chi connectivity index (χ0) is 13.9. The third-order valence-electron chi connectivity index (χ3n) is 2.73. The van der Waals surface area contributed by atoms with Gasteiger partial charge < -0.3 is 10.2 Å². The highest BCUT2D eigenvalue weighted by atomic mass is 16.2. The van der Waals surface area contributed by atoms with Crippen LogP contribution in [0.2, 0.25) is 0 Å². The Kier molecular flexibility index (Phi) is 4.38. The molecule has 1 aromatic carbocycles. The molecule has 1 rings (SSSR count). The lowest BCUT2D eigenvalue weighted by molar-refractivity contribution is 0.0746. The van der Waals surface area contributed by atoms with Gasteiger partial charge in [-0.3, -0.25) is 4.79 Å². The second-order valence-corrected chi connectivity index (χ2v) is 6.02. The Labute approximate surface area is 110 Å². The van der Waals surface area contributed by atoms with E-state index in [0.717, 1.165) is 23.4 Å². The molecule has 18 heavy (non-hydrogen) atoms. The lowest BCUT2D eigenvalue weighted by Crippen LogP contribution is -2.34. The first-order valence-electron chi connectivity index (χ1n) is 6.28. The van der Waals surface area contributed by atoms with E-state index in [9.17, 15) is 4.79 Å². The van der Waals surface area contributed by atoms with Crippen LogP contribution in [0, 0.1) is 12.3 Å². The SMILES string of the molecule is CNc1ccc(C)cc1C(=O)N(C)CC(C)(C)C. The topological polar surface area (TPSA) is 32.3 Å². The zero-order valence-electron chi connectivity index (χ0n) is 12.3. The molecule has 1 aromatic rings. The molecule has 0 aliphatic heterocycles. The van der Waals surface area contributed by atoms with Gasteiger partial charge >= 0.3 is 0 Å². The number of carbonyl (C=O) groups excluding carboxylic acids is 1. The molecule has 0 heterocycles. The predicted octanol–water partition coefficient (Wildman–Crippen LogP) is 3.15. The third-order valence-corrected chi connectivity index (χ3v) is 2.73. The van der Waals surface area contributed by atoms with Crippen molar-refractivity contribution in [1.82, 2.24) is 4.90 Å². The van der Waals surface area contributed by atoms with Crippen molar-refractivity contribution in [3.8, 4) is 0 Å². The lowest BCUT2D eigenvalue weighted by Gasteiger charge is -2.27. The molecule has 3 nitrogen and oxygen atoms in total. The summed E-state index contributed by atoms with van der Waals surface area (Å²) in [5, 5.41) is 3.07. The molecule has 100 valence electrons. The van der Waals surface area contributed by atoms with Crippen molar-refractivity contribution in [2.75, 3.05) is 26.0 Å². The fraction of sp³-hybridized carbons (Fsp3) is 0.533. The standard InChI is InChI=1S/C15H24N2O/c1-11-7-8-13(16-5)12(9-11)14(18)17(6)10-15(2,3)4/h7-9,16H,10H2,1-6H3. The van der Waals surface area contributed by atoms with E-state index < -0.39 is 0 Å². The first-order valence-corrected chi connectivity index (χ1v) is 6.28. The van der Waals surface area contributed by atoms with Crippen molar-refractivity contribution in [3.05, 3.63) is 29.3 Å². The molecule has 0 saturated heterocycles. The van der Waals surface area contributed by atoms with Gasteiger partial charge in [0.05, 0.1) is 5.56 Å². The Morgan fingerprint density at radius 3 is 2.44 bits per heavy atom. The summed E-state index contributed by atoms with van der Waals surface area (Å²) in [6.45, 7) is 9.13. The third kappa shape index (κ3) is 3.76. The van der Waals surface area contributed by atoms with Gasteiger partial charge in [-0.1, -0.05) is 32.4 Å². The Balaban J connectivity index is 2.99. The van der Waals surface area contributed by atoms with Crippen LogP contribution in [-0.2, 0) is 0 Å². The minimum Gasteiger partial charge on any atom is -0.387 e. The summed E-state index contributed by atoms with van der Waals surface area (Å²) in [7, 11) is 3.70. The number of anilines is 1. The molecule has 3 heteroatoms. The van der Waals surface area contributed by atoms with Gasteiger partial charge in [-0.15, -0.1) is 0 Å². The van der Waals surface area contributed by atoms with Crippen LogP contribution in [0.15, 0.2) is 18.2 Å². The molecule has 1 N–H and O–H groups in total. The highest BCUT2D eigenvalue weighted by Crippen LogP contribution is 2.21. The summed E-state index contributed by atoms with van der Waals surface area (Å²) in [6, 6.07) is 5.90. The molecular weight excluding hydrogens is 224 g/mol. The van der Waals surface area contributed by atoms with E-state index in [4.69, 9.17) is 0 Å². The molecule has 0 aliphatic carbocycles. The normalized spacial score (nSPS) is 11.2. The van der Waals surface area contributed by atoms with Crippen LogP contribution < -0.4 is 5.32 Å². The largest absolute Gasteiger partial charge is 0.387 e. The van der Waals surface area contributed by atoms with Gasteiger partial charge in [0, 0.05) is 26.3 Å². The highest BCUT2D eigenvalue weighted by Gasteiger charge is 2.20. The van der Waals surface area contributed by atoms with E-state index >= 15 is 0 Å². The number of carbonyl (C=O) groups is 1. The van der Waals surface area contributed by atoms with Crippen LogP contribution in [-0.4, -0.2) is 31.4 Å². The van der Waals surface area contributed by atoms with E-state index in [1.807, 2.05) is 39.2 Å². The van der Waals surface area contributed by atoms with Crippen molar-refractivity contribution in [2.45, 2.75) is 27.7 Å². The zero-order valence-corrected chi connectivity index (χ0v) is 12.3. The van der Waals surface area contributed by atoms with Gasteiger partial charge in [0.15, 0.2) is 0 Å². The molecule has 0 aliphatic rings. The summed E-state index contributed by atoms with van der Waals surface area (Å²) in [5.41, 5.74) is 2.82. The average molecular weight is 248 g/mol. The summed E-state index contributed by atoms with van der Waals surface area (Å²) in [6.07, 6.45) is 0. The van der Waals surface area contributed by atoms with Crippen LogP contribution in [0.3, 0.4) is 0 Å². The number of aryl methyl sites for hydroxylation is 1. The Morgan fingerprint density at radius 2 is 1.94 bits per heavy atom. The second kappa shape index (κ2) is 5.42. The summed E-state index contributed by atoms with van der Waals surface area (Å²) < 4.78 is 0. The van der Waals surface area contributed by atoms with Crippen molar-refractivity contribution in [2.24, 2.45) is 5.41 Å².